The lowest BCUT2D eigenvalue weighted by molar-refractivity contribution is 0.302. The van der Waals surface area contributed by atoms with E-state index >= 15 is 0 Å². The van der Waals surface area contributed by atoms with E-state index in [0.717, 1.165) is 35.1 Å². The van der Waals surface area contributed by atoms with E-state index in [1.165, 1.54) is 22.0 Å². The lowest BCUT2D eigenvalue weighted by Crippen LogP contribution is -2.35. The van der Waals surface area contributed by atoms with Crippen LogP contribution in [-0.4, -0.2) is 33.1 Å². The van der Waals surface area contributed by atoms with Crippen molar-refractivity contribution in [2.45, 2.75) is 46.5 Å². The summed E-state index contributed by atoms with van der Waals surface area (Å²) >= 11 is 0. The van der Waals surface area contributed by atoms with Gasteiger partial charge in [-0.1, -0.05) is 93.6 Å². The average Bonchev–Trinajstić information content (AvgIpc) is 3.67. The minimum absolute atomic E-state index is 0.0306. The maximum atomic E-state index is 9.59. The summed E-state index contributed by atoms with van der Waals surface area (Å²) in [4.78, 5) is 0. The fourth-order valence-electron chi connectivity index (χ4n) is 6.53. The highest BCUT2D eigenvalue weighted by atomic mass is 15.2. The number of nitriles is 1. The van der Waals surface area contributed by atoms with Crippen LogP contribution in [0.5, 0.6) is 0 Å². The smallest absolute Gasteiger partial charge is 0.0693 e. The number of hydrogen-bond donors (Lipinski definition) is 2. The monoisotopic (exact) mass is 596 g/mol. The van der Waals surface area contributed by atoms with Gasteiger partial charge in [0.05, 0.1) is 34.9 Å². The largest absolute Gasteiger partial charge is 0.316 e. The Labute approximate surface area is 267 Å². The van der Waals surface area contributed by atoms with E-state index in [9.17, 15) is 5.26 Å². The predicted molar refractivity (Wildman–Crippen MR) is 185 cm³/mol. The molecule has 6 nitrogen and oxygen atoms in total. The van der Waals surface area contributed by atoms with Gasteiger partial charge in [0.25, 0.3) is 0 Å². The molecular formula is C39H44N6. The zero-order valence-corrected chi connectivity index (χ0v) is 27.3. The number of hydrogen-bond acceptors (Lipinski definition) is 4. The molecule has 0 amide bonds. The van der Waals surface area contributed by atoms with Crippen molar-refractivity contribution in [1.29, 1.82) is 5.26 Å². The van der Waals surface area contributed by atoms with Crippen LogP contribution in [0.25, 0.3) is 21.8 Å². The molecule has 0 fully saturated rings. The second-order valence-electron chi connectivity index (χ2n) is 13.1. The Balaban J connectivity index is 0.000000179. The molecule has 2 N–H and O–H groups in total. The molecule has 2 aromatic heterocycles. The average molecular weight is 597 g/mol. The first-order valence-corrected chi connectivity index (χ1v) is 15.7. The fourth-order valence-corrected chi connectivity index (χ4v) is 6.53. The Bertz CT molecular complexity index is 1880. The maximum absolute atomic E-state index is 9.59. The van der Waals surface area contributed by atoms with E-state index in [0.29, 0.717) is 5.92 Å². The van der Waals surface area contributed by atoms with Crippen molar-refractivity contribution in [1.82, 2.24) is 25.3 Å². The molecule has 4 aromatic carbocycles. The summed E-state index contributed by atoms with van der Waals surface area (Å²) < 4.78 is 1.93. The van der Waals surface area contributed by atoms with E-state index in [1.54, 1.807) is 0 Å². The van der Waals surface area contributed by atoms with Gasteiger partial charge in [0.15, 0.2) is 0 Å². The first-order chi connectivity index (χ1) is 21.6. The highest BCUT2D eigenvalue weighted by Gasteiger charge is 2.33. The summed E-state index contributed by atoms with van der Waals surface area (Å²) in [5.41, 5.74) is 6.82. The van der Waals surface area contributed by atoms with Gasteiger partial charge >= 0.3 is 0 Å². The first kappa shape index (κ1) is 31.7. The normalized spacial score (nSPS) is 13.2. The number of aromatic nitrogens is 4. The van der Waals surface area contributed by atoms with Crippen LogP contribution in [0, 0.1) is 22.2 Å². The van der Waals surface area contributed by atoms with Gasteiger partial charge in [-0.3, -0.25) is 9.78 Å². The van der Waals surface area contributed by atoms with E-state index in [1.807, 2.05) is 62.2 Å². The standard InChI is InChI=1S/C21H27N3.C18H17N3/c1-5-22-15-21(2,3)20(16-9-7-6-8-10-16)17-11-12-19-18(13-17)14-23-24(19)4;1-18(2,12-19)17(13-6-4-3-5-7-13)14-8-9-16-15(10-14)11-20-21-16/h6-14,20,22H,5,15H2,1-4H3;3-11,17H,1-2H3,(H,20,21)/t20-;17-/m00/s1. The summed E-state index contributed by atoms with van der Waals surface area (Å²) in [6.45, 7) is 12.8. The van der Waals surface area contributed by atoms with Gasteiger partial charge in [-0.05, 0) is 72.3 Å². The molecule has 6 rings (SSSR count). The van der Waals surface area contributed by atoms with E-state index in [-0.39, 0.29) is 11.3 Å². The molecule has 0 radical (unpaired) electrons. The molecule has 0 aliphatic rings. The number of aryl methyl sites for hydroxylation is 1. The SMILES string of the molecule is CC(C)(C#N)[C@@H](c1ccccc1)c1ccc2[nH]ncc2c1.CCNCC(C)(C)[C@@H](c1ccccc1)c1ccc2c(cnn2C)c1. The Morgan fingerprint density at radius 3 is 2.02 bits per heavy atom. The van der Waals surface area contributed by atoms with Gasteiger partial charge in [-0.15, -0.1) is 0 Å². The molecule has 0 spiro atoms. The molecule has 0 bridgehead atoms. The minimum Gasteiger partial charge on any atom is -0.316 e. The molecule has 0 saturated carbocycles. The van der Waals surface area contributed by atoms with Crippen molar-refractivity contribution < 1.29 is 0 Å². The molecule has 0 saturated heterocycles. The van der Waals surface area contributed by atoms with Crippen LogP contribution in [-0.2, 0) is 7.05 Å². The maximum Gasteiger partial charge on any atom is 0.0693 e. The predicted octanol–water partition coefficient (Wildman–Crippen LogP) is 8.59. The lowest BCUT2D eigenvalue weighted by atomic mass is 9.71. The second-order valence-corrected chi connectivity index (χ2v) is 13.1. The van der Waals surface area contributed by atoms with Gasteiger partial charge in [0, 0.05) is 36.2 Å². The molecule has 45 heavy (non-hydrogen) atoms. The number of fused-ring (bicyclic) bond motifs is 2. The van der Waals surface area contributed by atoms with E-state index in [4.69, 9.17) is 0 Å². The molecule has 6 aromatic rings. The van der Waals surface area contributed by atoms with Crippen LogP contribution in [0.2, 0.25) is 0 Å². The lowest BCUT2D eigenvalue weighted by Gasteiger charge is -2.35. The Morgan fingerprint density at radius 1 is 0.778 bits per heavy atom. The molecule has 2 atom stereocenters. The third-order valence-corrected chi connectivity index (χ3v) is 8.79. The van der Waals surface area contributed by atoms with E-state index < -0.39 is 5.41 Å². The molecule has 230 valence electrons. The molecule has 2 heterocycles. The number of aromatic amines is 1. The first-order valence-electron chi connectivity index (χ1n) is 15.7. The van der Waals surface area contributed by atoms with Crippen LogP contribution in [0.15, 0.2) is 109 Å². The summed E-state index contributed by atoms with van der Waals surface area (Å²) in [7, 11) is 1.99. The van der Waals surface area contributed by atoms with Crippen molar-refractivity contribution in [3.05, 3.63) is 132 Å². The molecule has 0 aliphatic carbocycles. The van der Waals surface area contributed by atoms with Gasteiger partial charge in [0.2, 0.25) is 0 Å². The summed E-state index contributed by atoms with van der Waals surface area (Å²) in [5, 5.41) is 26.8. The Kier molecular flexibility index (Phi) is 9.51. The van der Waals surface area contributed by atoms with Crippen LogP contribution in [0.1, 0.15) is 68.7 Å². The van der Waals surface area contributed by atoms with Crippen molar-refractivity contribution in [2.75, 3.05) is 13.1 Å². The summed E-state index contributed by atoms with van der Waals surface area (Å²) in [5.74, 6) is 0.366. The minimum atomic E-state index is -0.487. The third-order valence-electron chi connectivity index (χ3n) is 8.79. The second kappa shape index (κ2) is 13.5. The summed E-state index contributed by atoms with van der Waals surface area (Å²) in [6, 6.07) is 36.5. The zero-order chi connectivity index (χ0) is 32.0. The summed E-state index contributed by atoms with van der Waals surface area (Å²) in [6.07, 6.45) is 3.78. The molecule has 6 heteroatoms. The molecule has 0 aliphatic heterocycles. The number of benzene rings is 4. The van der Waals surface area contributed by atoms with Crippen molar-refractivity contribution in [2.24, 2.45) is 17.9 Å². The van der Waals surface area contributed by atoms with Crippen LogP contribution in [0.4, 0.5) is 0 Å². The molecule has 0 unspecified atom stereocenters. The topological polar surface area (TPSA) is 82.3 Å². The van der Waals surface area contributed by atoms with Crippen molar-refractivity contribution in [3.8, 4) is 6.07 Å². The number of H-pyrrole nitrogens is 1. The van der Waals surface area contributed by atoms with Crippen LogP contribution in [0.3, 0.4) is 0 Å². The van der Waals surface area contributed by atoms with Gasteiger partial charge < -0.3 is 5.32 Å². The number of rotatable bonds is 9. The van der Waals surface area contributed by atoms with Gasteiger partial charge in [-0.25, -0.2) is 0 Å². The highest BCUT2D eigenvalue weighted by molar-refractivity contribution is 5.80. The zero-order valence-electron chi connectivity index (χ0n) is 27.3. The van der Waals surface area contributed by atoms with Gasteiger partial charge in [-0.2, -0.15) is 15.5 Å². The Morgan fingerprint density at radius 2 is 1.38 bits per heavy atom. The molecular weight excluding hydrogens is 552 g/mol. The number of nitrogens with zero attached hydrogens (tertiary/aromatic N) is 4. The highest BCUT2D eigenvalue weighted by Crippen LogP contribution is 2.42. The third kappa shape index (κ3) is 7.00. The van der Waals surface area contributed by atoms with Crippen LogP contribution < -0.4 is 5.32 Å². The van der Waals surface area contributed by atoms with Gasteiger partial charge in [0.1, 0.15) is 0 Å². The van der Waals surface area contributed by atoms with Crippen LogP contribution >= 0.6 is 0 Å². The quantitative estimate of drug-likeness (QED) is 0.175. The number of nitrogens with one attached hydrogen (secondary N) is 2. The Hall–Kier alpha value is -4.73. The fraction of sp³-hybridized carbons (Fsp3) is 0.308. The van der Waals surface area contributed by atoms with E-state index in [2.05, 4.69) is 120 Å². The van der Waals surface area contributed by atoms with Crippen molar-refractivity contribution in [3.63, 3.8) is 0 Å². The van der Waals surface area contributed by atoms with Crippen molar-refractivity contribution >= 4 is 21.8 Å².